The summed E-state index contributed by atoms with van der Waals surface area (Å²) in [4.78, 5) is 17.3. The van der Waals surface area contributed by atoms with Crippen molar-refractivity contribution in [2.24, 2.45) is 0 Å². The molecule has 2 fully saturated rings. The van der Waals surface area contributed by atoms with E-state index in [-0.39, 0.29) is 5.91 Å². The molecule has 0 aliphatic carbocycles. The molecule has 5 nitrogen and oxygen atoms in total. The van der Waals surface area contributed by atoms with E-state index in [1.54, 1.807) is 0 Å². The lowest BCUT2D eigenvalue weighted by atomic mass is 10.1. The Hall–Kier alpha value is -1.88. The molecule has 2 aliphatic rings. The number of para-hydroxylation sites is 1. The first-order valence-corrected chi connectivity index (χ1v) is 7.68. The number of aromatic nitrogens is 2. The largest absolute Gasteiger partial charge is 0.336 e. The highest BCUT2D eigenvalue weighted by molar-refractivity contribution is 6.04. The lowest BCUT2D eigenvalue weighted by Gasteiger charge is -2.25. The summed E-state index contributed by atoms with van der Waals surface area (Å²) in [5.74, 6) is 0.0633. The normalized spacial score (nSPS) is 26.2. The zero-order valence-electron chi connectivity index (χ0n) is 12.2. The maximum atomic E-state index is 12.8. The van der Waals surface area contributed by atoms with E-state index in [4.69, 9.17) is 0 Å². The van der Waals surface area contributed by atoms with Gasteiger partial charge in [-0.3, -0.25) is 14.8 Å². The fraction of sp³-hybridized carbons (Fsp3) is 0.500. The summed E-state index contributed by atoms with van der Waals surface area (Å²) >= 11 is 0. The molecule has 0 saturated carbocycles. The van der Waals surface area contributed by atoms with Crippen LogP contribution < -0.4 is 0 Å². The van der Waals surface area contributed by atoms with Gasteiger partial charge in [0.2, 0.25) is 0 Å². The number of benzene rings is 1. The fourth-order valence-corrected chi connectivity index (χ4v) is 3.77. The number of hydrogen-bond donors (Lipinski definition) is 1. The minimum Gasteiger partial charge on any atom is -0.336 e. The molecule has 2 aromatic rings. The van der Waals surface area contributed by atoms with Gasteiger partial charge in [-0.05, 0) is 32.4 Å². The predicted octanol–water partition coefficient (Wildman–Crippen LogP) is 1.87. The Morgan fingerprint density at radius 2 is 2.05 bits per heavy atom. The second kappa shape index (κ2) is 4.84. The van der Waals surface area contributed by atoms with E-state index in [9.17, 15) is 4.79 Å². The highest BCUT2D eigenvalue weighted by atomic mass is 16.2. The minimum absolute atomic E-state index is 0.0633. The van der Waals surface area contributed by atoms with Crippen LogP contribution in [0, 0.1) is 0 Å². The van der Waals surface area contributed by atoms with E-state index in [0.717, 1.165) is 30.4 Å². The smallest absolute Gasteiger partial charge is 0.275 e. The average molecular weight is 284 g/mol. The van der Waals surface area contributed by atoms with Crippen molar-refractivity contribution in [3.63, 3.8) is 0 Å². The highest BCUT2D eigenvalue weighted by Crippen LogP contribution is 2.29. The third-order valence-corrected chi connectivity index (χ3v) is 5.11. The fourth-order valence-electron chi connectivity index (χ4n) is 3.77. The molecule has 2 unspecified atom stereocenters. The average Bonchev–Trinajstić information content (AvgIpc) is 3.00. The number of H-pyrrole nitrogens is 1. The van der Waals surface area contributed by atoms with Gasteiger partial charge >= 0.3 is 0 Å². The monoisotopic (exact) mass is 284 g/mol. The van der Waals surface area contributed by atoms with Crippen LogP contribution in [-0.4, -0.2) is 58.1 Å². The van der Waals surface area contributed by atoms with Crippen LogP contribution in [0.25, 0.3) is 10.9 Å². The number of aromatic amines is 1. The van der Waals surface area contributed by atoms with Crippen LogP contribution in [0.4, 0.5) is 0 Å². The van der Waals surface area contributed by atoms with Gasteiger partial charge < -0.3 is 4.90 Å². The van der Waals surface area contributed by atoms with Crippen LogP contribution in [0.5, 0.6) is 0 Å². The molecule has 2 bridgehead atoms. The van der Waals surface area contributed by atoms with Crippen molar-refractivity contribution in [3.8, 4) is 0 Å². The van der Waals surface area contributed by atoms with Gasteiger partial charge in [-0.1, -0.05) is 18.2 Å². The SMILES string of the molecule is CN1C2CCC1CN(C(=O)c1n[nH]c3ccccc13)CC2. The number of carbonyl (C=O) groups excluding carboxylic acids is 1. The first-order valence-electron chi connectivity index (χ1n) is 7.68. The second-order valence-electron chi connectivity index (χ2n) is 6.21. The summed E-state index contributed by atoms with van der Waals surface area (Å²) in [5.41, 5.74) is 1.49. The molecule has 2 atom stereocenters. The molecule has 110 valence electrons. The number of nitrogens with one attached hydrogen (secondary N) is 1. The Morgan fingerprint density at radius 3 is 2.95 bits per heavy atom. The third-order valence-electron chi connectivity index (χ3n) is 5.11. The van der Waals surface area contributed by atoms with E-state index in [1.807, 2.05) is 29.2 Å². The summed E-state index contributed by atoms with van der Waals surface area (Å²) < 4.78 is 0. The highest BCUT2D eigenvalue weighted by Gasteiger charge is 2.36. The number of likely N-dealkylation sites (N-methyl/N-ethyl adjacent to an activating group) is 1. The summed E-state index contributed by atoms with van der Waals surface area (Å²) in [7, 11) is 2.19. The lowest BCUT2D eigenvalue weighted by Crippen LogP contribution is -2.39. The van der Waals surface area contributed by atoms with Gasteiger partial charge in [0, 0.05) is 30.6 Å². The van der Waals surface area contributed by atoms with Crippen molar-refractivity contribution < 1.29 is 4.79 Å². The quantitative estimate of drug-likeness (QED) is 0.870. The van der Waals surface area contributed by atoms with Crippen LogP contribution in [-0.2, 0) is 0 Å². The maximum absolute atomic E-state index is 12.8. The van der Waals surface area contributed by atoms with Gasteiger partial charge in [0.15, 0.2) is 5.69 Å². The minimum atomic E-state index is 0.0633. The molecular weight excluding hydrogens is 264 g/mol. The molecule has 0 radical (unpaired) electrons. The summed E-state index contributed by atoms with van der Waals surface area (Å²) in [6, 6.07) is 8.97. The predicted molar refractivity (Wildman–Crippen MR) is 81.2 cm³/mol. The Bertz CT molecular complexity index is 680. The van der Waals surface area contributed by atoms with Crippen LogP contribution in [0.3, 0.4) is 0 Å². The van der Waals surface area contributed by atoms with Crippen molar-refractivity contribution in [1.29, 1.82) is 0 Å². The first kappa shape index (κ1) is 12.8. The number of fused-ring (bicyclic) bond motifs is 3. The van der Waals surface area contributed by atoms with E-state index < -0.39 is 0 Å². The van der Waals surface area contributed by atoms with Crippen molar-refractivity contribution in [3.05, 3.63) is 30.0 Å². The standard InChI is InChI=1S/C16H20N4O/c1-19-11-6-7-12(19)10-20(9-8-11)16(21)15-13-4-2-3-5-14(13)17-18-15/h2-5,11-12H,6-10H2,1H3,(H,17,18). The van der Waals surface area contributed by atoms with Crippen molar-refractivity contribution in [2.45, 2.75) is 31.3 Å². The third kappa shape index (κ3) is 2.03. The van der Waals surface area contributed by atoms with Crippen LogP contribution in [0.1, 0.15) is 29.8 Å². The van der Waals surface area contributed by atoms with Gasteiger partial charge in [-0.15, -0.1) is 0 Å². The van der Waals surface area contributed by atoms with Crippen LogP contribution in [0.15, 0.2) is 24.3 Å². The summed E-state index contributed by atoms with van der Waals surface area (Å²) in [6.45, 7) is 1.67. The molecule has 4 rings (SSSR count). The van der Waals surface area contributed by atoms with Gasteiger partial charge in [0.05, 0.1) is 5.52 Å². The Morgan fingerprint density at radius 1 is 1.24 bits per heavy atom. The Balaban J connectivity index is 1.63. The molecule has 1 aromatic carbocycles. The molecule has 1 aromatic heterocycles. The molecule has 3 heterocycles. The maximum Gasteiger partial charge on any atom is 0.275 e. The molecular formula is C16H20N4O. The number of amides is 1. The number of hydrogen-bond acceptors (Lipinski definition) is 3. The number of carbonyl (C=O) groups is 1. The van der Waals surface area contributed by atoms with Gasteiger partial charge in [0.1, 0.15) is 0 Å². The molecule has 1 N–H and O–H groups in total. The van der Waals surface area contributed by atoms with Crippen molar-refractivity contribution >= 4 is 16.8 Å². The molecule has 2 aliphatic heterocycles. The molecule has 21 heavy (non-hydrogen) atoms. The number of likely N-dealkylation sites (tertiary alicyclic amines) is 1. The topological polar surface area (TPSA) is 52.2 Å². The Kier molecular flexibility index (Phi) is 2.96. The lowest BCUT2D eigenvalue weighted by molar-refractivity contribution is 0.0736. The van der Waals surface area contributed by atoms with E-state index in [2.05, 4.69) is 22.1 Å². The summed E-state index contributed by atoms with van der Waals surface area (Å²) in [6.07, 6.45) is 3.54. The van der Waals surface area contributed by atoms with Gasteiger partial charge in [-0.2, -0.15) is 5.10 Å². The van der Waals surface area contributed by atoms with E-state index >= 15 is 0 Å². The molecule has 2 saturated heterocycles. The second-order valence-corrected chi connectivity index (χ2v) is 6.21. The molecule has 0 spiro atoms. The molecule has 1 amide bonds. The zero-order chi connectivity index (χ0) is 14.4. The summed E-state index contributed by atoms with van der Waals surface area (Å²) in [5, 5.41) is 8.13. The first-order chi connectivity index (χ1) is 10.2. The van der Waals surface area contributed by atoms with Crippen LogP contribution in [0.2, 0.25) is 0 Å². The Labute approximate surface area is 123 Å². The van der Waals surface area contributed by atoms with E-state index in [1.165, 1.54) is 12.8 Å². The zero-order valence-corrected chi connectivity index (χ0v) is 12.2. The number of rotatable bonds is 1. The van der Waals surface area contributed by atoms with E-state index in [0.29, 0.717) is 17.8 Å². The van der Waals surface area contributed by atoms with Gasteiger partial charge in [-0.25, -0.2) is 0 Å². The van der Waals surface area contributed by atoms with Crippen molar-refractivity contribution in [1.82, 2.24) is 20.0 Å². The number of nitrogens with zero attached hydrogens (tertiary/aromatic N) is 3. The van der Waals surface area contributed by atoms with Crippen molar-refractivity contribution in [2.75, 3.05) is 20.1 Å². The van der Waals surface area contributed by atoms with Gasteiger partial charge in [0.25, 0.3) is 5.91 Å². The van der Waals surface area contributed by atoms with Crippen LogP contribution >= 0.6 is 0 Å². The molecule has 5 heteroatoms.